The van der Waals surface area contributed by atoms with E-state index in [1.165, 1.54) is 0 Å². The number of nitriles is 1. The summed E-state index contributed by atoms with van der Waals surface area (Å²) in [6.45, 7) is 11.0. The molecule has 0 radical (unpaired) electrons. The highest BCUT2D eigenvalue weighted by atomic mass is 16.6. The van der Waals surface area contributed by atoms with Crippen LogP contribution in [-0.4, -0.2) is 34.5 Å². The summed E-state index contributed by atoms with van der Waals surface area (Å²) in [5.41, 5.74) is -1.19. The van der Waals surface area contributed by atoms with Gasteiger partial charge >= 0.3 is 5.97 Å². The van der Waals surface area contributed by atoms with E-state index >= 15 is 0 Å². The molecule has 122 valence electrons. The maximum atomic E-state index is 13.0. The van der Waals surface area contributed by atoms with Crippen molar-refractivity contribution >= 4 is 11.9 Å². The van der Waals surface area contributed by atoms with Gasteiger partial charge in [-0.1, -0.05) is 20.8 Å². The van der Waals surface area contributed by atoms with Gasteiger partial charge in [-0.25, -0.2) is 0 Å². The summed E-state index contributed by atoms with van der Waals surface area (Å²) < 4.78 is 5.46. The standard InChI is InChI=1S/C17H26N2O3/c1-16(2,3)13(15(21)22-17(4,5)6)14(20)19-11(9-18)7-10-8-12(10)19/h10-13H,7-8H2,1-6H3. The third-order valence-corrected chi connectivity index (χ3v) is 4.26. The Balaban J connectivity index is 2.24. The molecule has 4 unspecified atom stereocenters. The van der Waals surface area contributed by atoms with Crippen LogP contribution >= 0.6 is 0 Å². The Morgan fingerprint density at radius 1 is 1.18 bits per heavy atom. The van der Waals surface area contributed by atoms with Crippen molar-refractivity contribution in [2.24, 2.45) is 17.3 Å². The van der Waals surface area contributed by atoms with Crippen molar-refractivity contribution in [3.05, 3.63) is 0 Å². The van der Waals surface area contributed by atoms with Gasteiger partial charge in [-0.2, -0.15) is 5.26 Å². The monoisotopic (exact) mass is 306 g/mol. The fraction of sp³-hybridized carbons (Fsp3) is 0.824. The van der Waals surface area contributed by atoms with Crippen LogP contribution in [0.5, 0.6) is 0 Å². The number of nitrogens with zero attached hydrogens (tertiary/aromatic N) is 2. The highest BCUT2D eigenvalue weighted by Crippen LogP contribution is 2.49. The average molecular weight is 306 g/mol. The normalized spacial score (nSPS) is 28.6. The smallest absolute Gasteiger partial charge is 0.319 e. The number of rotatable bonds is 2. The van der Waals surface area contributed by atoms with E-state index in [4.69, 9.17) is 4.74 Å². The molecule has 2 fully saturated rings. The zero-order valence-corrected chi connectivity index (χ0v) is 14.3. The zero-order valence-electron chi connectivity index (χ0n) is 14.3. The zero-order chi connectivity index (χ0) is 16.9. The molecule has 22 heavy (non-hydrogen) atoms. The van der Waals surface area contributed by atoms with E-state index in [1.54, 1.807) is 25.7 Å². The van der Waals surface area contributed by atoms with Gasteiger partial charge in [0, 0.05) is 6.04 Å². The van der Waals surface area contributed by atoms with Crippen LogP contribution in [0.1, 0.15) is 54.4 Å². The molecule has 5 heteroatoms. The fourth-order valence-electron chi connectivity index (χ4n) is 3.22. The molecule has 1 saturated heterocycles. The van der Waals surface area contributed by atoms with Crippen molar-refractivity contribution < 1.29 is 14.3 Å². The molecule has 5 nitrogen and oxygen atoms in total. The van der Waals surface area contributed by atoms with Gasteiger partial charge in [0.2, 0.25) is 5.91 Å². The van der Waals surface area contributed by atoms with Crippen LogP contribution in [0.4, 0.5) is 0 Å². The highest BCUT2D eigenvalue weighted by Gasteiger charge is 2.57. The van der Waals surface area contributed by atoms with Crippen LogP contribution in [0.25, 0.3) is 0 Å². The molecule has 1 amide bonds. The molecule has 2 rings (SSSR count). The maximum Gasteiger partial charge on any atom is 0.319 e. The lowest BCUT2D eigenvalue weighted by atomic mass is 9.79. The fourth-order valence-corrected chi connectivity index (χ4v) is 3.22. The van der Waals surface area contributed by atoms with Crippen LogP contribution in [0.15, 0.2) is 0 Å². The second-order valence-corrected chi connectivity index (χ2v) is 8.52. The quantitative estimate of drug-likeness (QED) is 0.580. The van der Waals surface area contributed by atoms with Gasteiger partial charge in [-0.3, -0.25) is 9.59 Å². The van der Waals surface area contributed by atoms with E-state index in [9.17, 15) is 14.9 Å². The second-order valence-electron chi connectivity index (χ2n) is 8.52. The van der Waals surface area contributed by atoms with E-state index in [0.29, 0.717) is 5.92 Å². The Kier molecular flexibility index (Phi) is 4.01. The molecule has 1 aliphatic carbocycles. The minimum Gasteiger partial charge on any atom is -0.459 e. The number of carbonyl (C=O) groups excluding carboxylic acids is 2. The van der Waals surface area contributed by atoms with Gasteiger partial charge < -0.3 is 9.64 Å². The largest absolute Gasteiger partial charge is 0.459 e. The van der Waals surface area contributed by atoms with Gasteiger partial charge in [-0.15, -0.1) is 0 Å². The van der Waals surface area contributed by atoms with Crippen LogP contribution in [0.2, 0.25) is 0 Å². The molecule has 1 aliphatic heterocycles. The predicted molar refractivity (Wildman–Crippen MR) is 81.5 cm³/mol. The number of ether oxygens (including phenoxy) is 1. The van der Waals surface area contributed by atoms with E-state index < -0.39 is 28.9 Å². The Hall–Kier alpha value is -1.57. The van der Waals surface area contributed by atoms with E-state index in [-0.39, 0.29) is 11.9 Å². The molecule has 0 aromatic heterocycles. The molecular weight excluding hydrogens is 280 g/mol. The molecule has 0 spiro atoms. The van der Waals surface area contributed by atoms with Crippen LogP contribution in [0.3, 0.4) is 0 Å². The van der Waals surface area contributed by atoms with Gasteiger partial charge in [0.05, 0.1) is 6.07 Å². The number of piperidine rings is 1. The van der Waals surface area contributed by atoms with Crippen molar-refractivity contribution in [2.45, 2.75) is 72.1 Å². The first-order valence-corrected chi connectivity index (χ1v) is 7.90. The summed E-state index contributed by atoms with van der Waals surface area (Å²) in [4.78, 5) is 27.2. The van der Waals surface area contributed by atoms with E-state index in [2.05, 4.69) is 6.07 Å². The molecule has 2 aliphatic rings. The third-order valence-electron chi connectivity index (χ3n) is 4.26. The van der Waals surface area contributed by atoms with E-state index in [0.717, 1.165) is 12.8 Å². The highest BCUT2D eigenvalue weighted by molar-refractivity contribution is 5.99. The van der Waals surface area contributed by atoms with Crippen molar-refractivity contribution in [3.8, 4) is 6.07 Å². The number of carbonyl (C=O) groups is 2. The molecule has 0 bridgehead atoms. The summed E-state index contributed by atoms with van der Waals surface area (Å²) in [6, 6.07) is 1.95. The number of likely N-dealkylation sites (tertiary alicyclic amines) is 1. The van der Waals surface area contributed by atoms with Crippen LogP contribution in [-0.2, 0) is 14.3 Å². The topological polar surface area (TPSA) is 70.4 Å². The summed E-state index contributed by atoms with van der Waals surface area (Å²) in [5.74, 6) is -1.18. The summed E-state index contributed by atoms with van der Waals surface area (Å²) in [5, 5.41) is 9.27. The minimum absolute atomic E-state index is 0.143. The van der Waals surface area contributed by atoms with Crippen molar-refractivity contribution in [3.63, 3.8) is 0 Å². The molecular formula is C17H26N2O3. The SMILES string of the molecule is CC(C)(C)OC(=O)C(C(=O)N1C(C#N)CC2CC21)C(C)(C)C. The first kappa shape index (κ1) is 16.8. The predicted octanol–water partition coefficient (Wildman–Crippen LogP) is 2.50. The lowest BCUT2D eigenvalue weighted by Gasteiger charge is -2.35. The molecule has 0 N–H and O–H groups in total. The Labute approximate surface area is 132 Å². The van der Waals surface area contributed by atoms with Gasteiger partial charge in [0.15, 0.2) is 0 Å². The summed E-state index contributed by atoms with van der Waals surface area (Å²) >= 11 is 0. The Morgan fingerprint density at radius 3 is 2.23 bits per heavy atom. The number of hydrogen-bond donors (Lipinski definition) is 0. The number of amides is 1. The van der Waals surface area contributed by atoms with Crippen LogP contribution in [0, 0.1) is 28.6 Å². The number of esters is 1. The maximum absolute atomic E-state index is 13.0. The summed E-state index contributed by atoms with van der Waals surface area (Å²) in [7, 11) is 0. The first-order chi connectivity index (χ1) is 9.95. The van der Waals surface area contributed by atoms with Gasteiger partial charge in [0.1, 0.15) is 17.6 Å². The van der Waals surface area contributed by atoms with E-state index in [1.807, 2.05) is 20.8 Å². The number of fused-ring (bicyclic) bond motifs is 1. The van der Waals surface area contributed by atoms with Crippen LogP contribution < -0.4 is 0 Å². The average Bonchev–Trinajstić information content (AvgIpc) is 2.95. The van der Waals surface area contributed by atoms with Crippen molar-refractivity contribution in [1.82, 2.24) is 4.90 Å². The third kappa shape index (κ3) is 3.26. The molecule has 4 atom stereocenters. The lowest BCUT2D eigenvalue weighted by molar-refractivity contribution is -0.170. The molecule has 0 aromatic carbocycles. The Morgan fingerprint density at radius 2 is 1.77 bits per heavy atom. The first-order valence-electron chi connectivity index (χ1n) is 7.90. The molecule has 0 aromatic rings. The Bertz CT molecular complexity index is 521. The van der Waals surface area contributed by atoms with Crippen molar-refractivity contribution in [1.29, 1.82) is 5.26 Å². The molecule has 1 saturated carbocycles. The van der Waals surface area contributed by atoms with Crippen molar-refractivity contribution in [2.75, 3.05) is 0 Å². The molecule has 1 heterocycles. The lowest BCUT2D eigenvalue weighted by Crippen LogP contribution is -2.49. The number of hydrogen-bond acceptors (Lipinski definition) is 4. The second kappa shape index (κ2) is 5.26. The summed E-state index contributed by atoms with van der Waals surface area (Å²) in [6.07, 6.45) is 1.69. The minimum atomic E-state index is -0.873. The van der Waals surface area contributed by atoms with Gasteiger partial charge in [-0.05, 0) is 44.9 Å². The van der Waals surface area contributed by atoms with Gasteiger partial charge in [0.25, 0.3) is 0 Å².